The van der Waals surface area contributed by atoms with Gasteiger partial charge in [0.2, 0.25) is 0 Å². The third-order valence-corrected chi connectivity index (χ3v) is 3.59. The maximum atomic E-state index is 11.1. The van der Waals surface area contributed by atoms with Crippen molar-refractivity contribution in [2.75, 3.05) is 6.61 Å². The number of rotatable bonds is 12. The van der Waals surface area contributed by atoms with Crippen LogP contribution in [0.3, 0.4) is 0 Å². The summed E-state index contributed by atoms with van der Waals surface area (Å²) < 4.78 is 5.70. The van der Waals surface area contributed by atoms with Gasteiger partial charge in [0.1, 0.15) is 6.04 Å². The second-order valence-electron chi connectivity index (χ2n) is 5.65. The van der Waals surface area contributed by atoms with Gasteiger partial charge in [0.15, 0.2) is 0 Å². The zero-order valence-electron chi connectivity index (χ0n) is 12.4. The summed E-state index contributed by atoms with van der Waals surface area (Å²) in [7, 11) is 0. The Labute approximate surface area is 116 Å². The van der Waals surface area contributed by atoms with Crippen LogP contribution in [0, 0.1) is 0 Å². The minimum absolute atomic E-state index is 0.243. The summed E-state index contributed by atoms with van der Waals surface area (Å²) in [6, 6.07) is -0.0210. The molecular formula is C15H29NO3. The summed E-state index contributed by atoms with van der Waals surface area (Å²) in [5, 5.41) is 12.2. The van der Waals surface area contributed by atoms with Crippen LogP contribution in [0.2, 0.25) is 0 Å². The first-order chi connectivity index (χ1) is 9.13. The van der Waals surface area contributed by atoms with Gasteiger partial charge in [0.25, 0.3) is 0 Å². The van der Waals surface area contributed by atoms with E-state index in [1.165, 1.54) is 25.7 Å². The van der Waals surface area contributed by atoms with Crippen molar-refractivity contribution in [2.45, 2.75) is 83.4 Å². The number of unbranched alkanes of at least 4 members (excludes halogenated alkanes) is 3. The van der Waals surface area contributed by atoms with Crippen LogP contribution in [-0.2, 0) is 9.53 Å². The number of aliphatic carboxylic acids is 1. The van der Waals surface area contributed by atoms with E-state index in [-0.39, 0.29) is 6.10 Å². The van der Waals surface area contributed by atoms with Crippen LogP contribution < -0.4 is 5.32 Å². The fraction of sp³-hybridized carbons (Fsp3) is 0.933. The molecular weight excluding hydrogens is 242 g/mol. The average Bonchev–Trinajstić information content (AvgIpc) is 3.17. The van der Waals surface area contributed by atoms with Crippen molar-refractivity contribution in [3.05, 3.63) is 0 Å². The minimum Gasteiger partial charge on any atom is -0.480 e. The van der Waals surface area contributed by atoms with Gasteiger partial charge in [0, 0.05) is 12.6 Å². The van der Waals surface area contributed by atoms with Gasteiger partial charge in [-0.1, -0.05) is 32.6 Å². The molecule has 0 spiro atoms. The van der Waals surface area contributed by atoms with Crippen LogP contribution in [0.5, 0.6) is 0 Å². The van der Waals surface area contributed by atoms with Crippen molar-refractivity contribution in [1.82, 2.24) is 5.32 Å². The van der Waals surface area contributed by atoms with Gasteiger partial charge in [-0.3, -0.25) is 4.79 Å². The fourth-order valence-electron chi connectivity index (χ4n) is 2.14. The van der Waals surface area contributed by atoms with Crippen LogP contribution in [-0.4, -0.2) is 35.9 Å². The molecule has 0 bridgehead atoms. The number of hydrogen-bond donors (Lipinski definition) is 2. The highest BCUT2D eigenvalue weighted by Crippen LogP contribution is 2.20. The van der Waals surface area contributed by atoms with Gasteiger partial charge in [-0.25, -0.2) is 0 Å². The maximum Gasteiger partial charge on any atom is 0.320 e. The smallest absolute Gasteiger partial charge is 0.320 e. The summed E-state index contributed by atoms with van der Waals surface area (Å²) in [4.78, 5) is 11.1. The molecule has 2 unspecified atom stereocenters. The molecule has 4 heteroatoms. The number of carbonyl (C=O) groups is 1. The molecule has 0 aromatic carbocycles. The molecule has 2 atom stereocenters. The van der Waals surface area contributed by atoms with Crippen molar-refractivity contribution in [3.8, 4) is 0 Å². The number of carboxylic acid groups (broad SMARTS) is 1. The molecule has 2 N–H and O–H groups in total. The first-order valence-corrected chi connectivity index (χ1v) is 7.74. The van der Waals surface area contributed by atoms with Crippen molar-refractivity contribution in [2.24, 2.45) is 0 Å². The van der Waals surface area contributed by atoms with Crippen LogP contribution in [0.1, 0.15) is 65.2 Å². The largest absolute Gasteiger partial charge is 0.480 e. The van der Waals surface area contributed by atoms with Crippen molar-refractivity contribution in [3.63, 3.8) is 0 Å². The van der Waals surface area contributed by atoms with Crippen LogP contribution in [0.15, 0.2) is 0 Å². The van der Waals surface area contributed by atoms with Gasteiger partial charge in [-0.15, -0.1) is 0 Å². The predicted molar refractivity (Wildman–Crippen MR) is 76.4 cm³/mol. The highest BCUT2D eigenvalue weighted by molar-refractivity contribution is 5.73. The third kappa shape index (κ3) is 8.22. The second kappa shape index (κ2) is 9.32. The Hall–Kier alpha value is -0.610. The maximum absolute atomic E-state index is 11.1. The molecule has 1 aliphatic rings. The monoisotopic (exact) mass is 271 g/mol. The van der Waals surface area contributed by atoms with E-state index in [0.717, 1.165) is 19.3 Å². The molecule has 0 radical (unpaired) electrons. The van der Waals surface area contributed by atoms with Crippen molar-refractivity contribution >= 4 is 5.97 Å². The molecule has 1 aliphatic carbocycles. The first kappa shape index (κ1) is 16.4. The zero-order chi connectivity index (χ0) is 14.1. The van der Waals surface area contributed by atoms with Crippen LogP contribution in [0.4, 0.5) is 0 Å². The average molecular weight is 271 g/mol. The van der Waals surface area contributed by atoms with Gasteiger partial charge in [-0.2, -0.15) is 0 Å². The zero-order valence-corrected chi connectivity index (χ0v) is 12.4. The Morgan fingerprint density at radius 1 is 1.32 bits per heavy atom. The fourth-order valence-corrected chi connectivity index (χ4v) is 2.14. The Kier molecular flexibility index (Phi) is 8.07. The molecule has 4 nitrogen and oxygen atoms in total. The molecule has 112 valence electrons. The minimum atomic E-state index is -0.758. The van der Waals surface area contributed by atoms with E-state index in [2.05, 4.69) is 19.2 Å². The van der Waals surface area contributed by atoms with Gasteiger partial charge in [0.05, 0.1) is 6.10 Å². The Balaban J connectivity index is 2.04. The lowest BCUT2D eigenvalue weighted by Crippen LogP contribution is -2.39. The molecule has 1 fully saturated rings. The lowest BCUT2D eigenvalue weighted by molar-refractivity contribution is -0.140. The summed E-state index contributed by atoms with van der Waals surface area (Å²) in [5.41, 5.74) is 0. The van der Waals surface area contributed by atoms with E-state index < -0.39 is 12.0 Å². The standard InChI is InChI=1S/C15H29NO3/c1-3-4-5-6-7-12(2)19-11-10-14(15(17)18)16-13-8-9-13/h12-14,16H,3-11H2,1-2H3,(H,17,18). The van der Waals surface area contributed by atoms with Crippen LogP contribution >= 0.6 is 0 Å². The first-order valence-electron chi connectivity index (χ1n) is 7.74. The summed E-state index contributed by atoms with van der Waals surface area (Å²) in [6.45, 7) is 4.82. The Morgan fingerprint density at radius 3 is 2.63 bits per heavy atom. The summed E-state index contributed by atoms with van der Waals surface area (Å²) in [6.07, 6.45) is 9.12. The van der Waals surface area contributed by atoms with E-state index in [1.807, 2.05) is 0 Å². The molecule has 0 aromatic rings. The van der Waals surface area contributed by atoms with Gasteiger partial charge < -0.3 is 15.2 Å². The highest BCUT2D eigenvalue weighted by atomic mass is 16.5. The van der Waals surface area contributed by atoms with Crippen LogP contribution in [0.25, 0.3) is 0 Å². The lowest BCUT2D eigenvalue weighted by atomic mass is 10.1. The van der Waals surface area contributed by atoms with E-state index in [9.17, 15) is 4.79 Å². The number of hydrogen-bond acceptors (Lipinski definition) is 3. The molecule has 19 heavy (non-hydrogen) atoms. The summed E-state index contributed by atoms with van der Waals surface area (Å²) >= 11 is 0. The van der Waals surface area contributed by atoms with E-state index in [4.69, 9.17) is 9.84 Å². The molecule has 1 rings (SSSR count). The van der Waals surface area contributed by atoms with E-state index in [1.54, 1.807) is 0 Å². The predicted octanol–water partition coefficient (Wildman–Crippen LogP) is 2.96. The normalized spacial score (nSPS) is 18.2. The van der Waals surface area contributed by atoms with Crippen molar-refractivity contribution < 1.29 is 14.6 Å². The molecule has 0 saturated heterocycles. The third-order valence-electron chi connectivity index (χ3n) is 3.59. The second-order valence-corrected chi connectivity index (χ2v) is 5.65. The number of nitrogens with one attached hydrogen (secondary N) is 1. The SMILES string of the molecule is CCCCCCC(C)OCCC(NC1CC1)C(=O)O. The lowest BCUT2D eigenvalue weighted by Gasteiger charge is -2.17. The Bertz CT molecular complexity index is 254. The molecule has 0 heterocycles. The topological polar surface area (TPSA) is 58.6 Å². The quantitative estimate of drug-likeness (QED) is 0.536. The number of carboxylic acids is 1. The van der Waals surface area contributed by atoms with Crippen molar-refractivity contribution in [1.29, 1.82) is 0 Å². The number of ether oxygens (including phenoxy) is 1. The summed E-state index contributed by atoms with van der Waals surface area (Å²) in [5.74, 6) is -0.758. The van der Waals surface area contributed by atoms with Gasteiger partial charge in [-0.05, 0) is 32.6 Å². The van der Waals surface area contributed by atoms with E-state index in [0.29, 0.717) is 19.1 Å². The molecule has 1 saturated carbocycles. The molecule has 0 aliphatic heterocycles. The molecule has 0 aromatic heterocycles. The van der Waals surface area contributed by atoms with E-state index >= 15 is 0 Å². The Morgan fingerprint density at radius 2 is 2.05 bits per heavy atom. The molecule has 0 amide bonds. The highest BCUT2D eigenvalue weighted by Gasteiger charge is 2.27. The van der Waals surface area contributed by atoms with Gasteiger partial charge >= 0.3 is 5.97 Å².